The lowest BCUT2D eigenvalue weighted by Crippen LogP contribution is -2.02. The van der Waals surface area contributed by atoms with Gasteiger partial charge in [0.2, 0.25) is 5.75 Å². The van der Waals surface area contributed by atoms with Crippen LogP contribution in [0.5, 0.6) is 17.2 Å². The maximum absolute atomic E-state index is 10.9. The predicted octanol–water partition coefficient (Wildman–Crippen LogP) is 2.70. The number of aldehydes is 1. The van der Waals surface area contributed by atoms with Gasteiger partial charge in [-0.15, -0.1) is 0 Å². The first-order chi connectivity index (χ1) is 10.1. The van der Waals surface area contributed by atoms with Gasteiger partial charge in [0.25, 0.3) is 0 Å². The summed E-state index contributed by atoms with van der Waals surface area (Å²) in [5.74, 6) is 2.01. The zero-order valence-electron chi connectivity index (χ0n) is 12.4. The number of hydrogen-bond donors (Lipinski definition) is 0. The lowest BCUT2D eigenvalue weighted by atomic mass is 10.2. The summed E-state index contributed by atoms with van der Waals surface area (Å²) in [6, 6.07) is 3.19. The molecular formula is C15H17NO5. The zero-order valence-corrected chi connectivity index (χ0v) is 12.4. The highest BCUT2D eigenvalue weighted by atomic mass is 16.5. The van der Waals surface area contributed by atoms with Crippen LogP contribution < -0.4 is 14.2 Å². The van der Waals surface area contributed by atoms with E-state index in [2.05, 4.69) is 5.16 Å². The Morgan fingerprint density at radius 2 is 1.81 bits per heavy atom. The molecule has 21 heavy (non-hydrogen) atoms. The van der Waals surface area contributed by atoms with Crippen molar-refractivity contribution in [2.75, 3.05) is 14.2 Å². The smallest absolute Gasteiger partial charge is 0.203 e. The number of carbonyl (C=O) groups excluding carboxylic acids is 1. The van der Waals surface area contributed by atoms with Gasteiger partial charge in [0, 0.05) is 5.56 Å². The Morgan fingerprint density at radius 1 is 1.19 bits per heavy atom. The van der Waals surface area contributed by atoms with Crippen molar-refractivity contribution in [3.05, 3.63) is 34.7 Å². The van der Waals surface area contributed by atoms with Crippen LogP contribution in [0, 0.1) is 13.8 Å². The van der Waals surface area contributed by atoms with Crippen LogP contribution in [-0.2, 0) is 6.61 Å². The van der Waals surface area contributed by atoms with Gasteiger partial charge in [-0.1, -0.05) is 5.16 Å². The molecule has 1 aromatic carbocycles. The molecule has 0 aliphatic carbocycles. The third kappa shape index (κ3) is 2.99. The number of hydrogen-bond acceptors (Lipinski definition) is 6. The highest BCUT2D eigenvalue weighted by molar-refractivity contribution is 5.78. The fourth-order valence-corrected chi connectivity index (χ4v) is 1.96. The summed E-state index contributed by atoms with van der Waals surface area (Å²) in [4.78, 5) is 10.9. The molecule has 6 nitrogen and oxygen atoms in total. The molecule has 0 spiro atoms. The van der Waals surface area contributed by atoms with Crippen molar-refractivity contribution in [3.63, 3.8) is 0 Å². The SMILES string of the molecule is COc1cc(C=O)cc(OC)c1OCc1c(C)noc1C. The first-order valence-electron chi connectivity index (χ1n) is 6.36. The molecule has 0 N–H and O–H groups in total. The van der Waals surface area contributed by atoms with Gasteiger partial charge in [-0.2, -0.15) is 0 Å². The van der Waals surface area contributed by atoms with Crippen LogP contribution in [0.3, 0.4) is 0 Å². The molecule has 2 rings (SSSR count). The first-order valence-corrected chi connectivity index (χ1v) is 6.36. The largest absolute Gasteiger partial charge is 0.493 e. The van der Waals surface area contributed by atoms with Gasteiger partial charge in [-0.3, -0.25) is 4.79 Å². The van der Waals surface area contributed by atoms with Crippen LogP contribution in [0.25, 0.3) is 0 Å². The van der Waals surface area contributed by atoms with Gasteiger partial charge >= 0.3 is 0 Å². The van der Waals surface area contributed by atoms with Crippen molar-refractivity contribution in [3.8, 4) is 17.2 Å². The molecule has 0 unspecified atom stereocenters. The Balaban J connectivity index is 2.32. The maximum Gasteiger partial charge on any atom is 0.203 e. The van der Waals surface area contributed by atoms with Crippen molar-refractivity contribution in [1.82, 2.24) is 5.16 Å². The number of carbonyl (C=O) groups is 1. The number of aromatic nitrogens is 1. The summed E-state index contributed by atoms with van der Waals surface area (Å²) in [5, 5.41) is 3.88. The van der Waals surface area contributed by atoms with Gasteiger partial charge in [0.15, 0.2) is 11.5 Å². The summed E-state index contributed by atoms with van der Waals surface area (Å²) in [5.41, 5.74) is 2.10. The van der Waals surface area contributed by atoms with Gasteiger partial charge in [-0.25, -0.2) is 0 Å². The van der Waals surface area contributed by atoms with Crippen LogP contribution >= 0.6 is 0 Å². The molecule has 0 aliphatic heterocycles. The van der Waals surface area contributed by atoms with Crippen LogP contribution in [0.15, 0.2) is 16.7 Å². The molecule has 0 fully saturated rings. The average Bonchev–Trinajstić information content (AvgIpc) is 2.83. The molecule has 0 amide bonds. The summed E-state index contributed by atoms with van der Waals surface area (Å²) >= 11 is 0. The average molecular weight is 291 g/mol. The van der Waals surface area contributed by atoms with Crippen LogP contribution in [0.2, 0.25) is 0 Å². The molecule has 0 aliphatic rings. The van der Waals surface area contributed by atoms with E-state index in [0.29, 0.717) is 28.6 Å². The van der Waals surface area contributed by atoms with Crippen molar-refractivity contribution >= 4 is 6.29 Å². The van der Waals surface area contributed by atoms with Crippen molar-refractivity contribution in [1.29, 1.82) is 0 Å². The molecular weight excluding hydrogens is 274 g/mol. The third-order valence-corrected chi connectivity index (χ3v) is 3.16. The Kier molecular flexibility index (Phi) is 4.47. The molecule has 6 heteroatoms. The second kappa shape index (κ2) is 6.30. The first kappa shape index (κ1) is 14.9. The maximum atomic E-state index is 10.9. The minimum Gasteiger partial charge on any atom is -0.493 e. The fraction of sp³-hybridized carbons (Fsp3) is 0.333. The molecule has 0 radical (unpaired) electrons. The number of nitrogens with zero attached hydrogens (tertiary/aromatic N) is 1. The van der Waals surface area contributed by atoms with Gasteiger partial charge in [0.1, 0.15) is 18.7 Å². The van der Waals surface area contributed by atoms with E-state index in [4.69, 9.17) is 18.7 Å². The Labute approximate surface area is 122 Å². The van der Waals surface area contributed by atoms with Crippen LogP contribution in [-0.4, -0.2) is 25.7 Å². The second-order valence-electron chi connectivity index (χ2n) is 4.46. The molecule has 1 heterocycles. The molecule has 0 saturated heterocycles. The lowest BCUT2D eigenvalue weighted by molar-refractivity contribution is 0.112. The van der Waals surface area contributed by atoms with Gasteiger partial charge in [-0.05, 0) is 26.0 Å². The minimum atomic E-state index is 0.272. The molecule has 1 aromatic heterocycles. The zero-order chi connectivity index (χ0) is 15.4. The summed E-state index contributed by atoms with van der Waals surface area (Å²) in [6.07, 6.45) is 0.725. The number of ether oxygens (including phenoxy) is 3. The Morgan fingerprint density at radius 3 is 2.24 bits per heavy atom. The van der Waals surface area contributed by atoms with E-state index in [1.54, 1.807) is 12.1 Å². The standard InChI is InChI=1S/C15H17NO5/c1-9-12(10(2)21-16-9)8-20-15-13(18-3)5-11(7-17)6-14(15)19-4/h5-7H,8H2,1-4H3. The number of benzene rings is 1. The van der Waals surface area contributed by atoms with Crippen molar-refractivity contribution < 1.29 is 23.5 Å². The molecule has 112 valence electrons. The molecule has 0 atom stereocenters. The fourth-order valence-electron chi connectivity index (χ4n) is 1.96. The van der Waals surface area contributed by atoms with E-state index < -0.39 is 0 Å². The Bertz CT molecular complexity index is 603. The van der Waals surface area contributed by atoms with Gasteiger partial charge < -0.3 is 18.7 Å². The summed E-state index contributed by atoms with van der Waals surface area (Å²) < 4.78 is 21.4. The number of rotatable bonds is 6. The number of methoxy groups -OCH3 is 2. The normalized spacial score (nSPS) is 10.3. The highest BCUT2D eigenvalue weighted by Gasteiger charge is 2.16. The topological polar surface area (TPSA) is 70.8 Å². The van der Waals surface area contributed by atoms with E-state index >= 15 is 0 Å². The Hall–Kier alpha value is -2.50. The minimum absolute atomic E-state index is 0.272. The van der Waals surface area contributed by atoms with E-state index in [9.17, 15) is 4.79 Å². The monoisotopic (exact) mass is 291 g/mol. The predicted molar refractivity (Wildman–Crippen MR) is 75.2 cm³/mol. The van der Waals surface area contributed by atoms with Crippen molar-refractivity contribution in [2.45, 2.75) is 20.5 Å². The second-order valence-corrected chi connectivity index (χ2v) is 4.46. The van der Waals surface area contributed by atoms with Gasteiger partial charge in [0.05, 0.1) is 25.5 Å². The lowest BCUT2D eigenvalue weighted by Gasteiger charge is -2.14. The van der Waals surface area contributed by atoms with E-state index in [1.165, 1.54) is 14.2 Å². The van der Waals surface area contributed by atoms with Crippen LogP contribution in [0.4, 0.5) is 0 Å². The molecule has 0 saturated carbocycles. The third-order valence-electron chi connectivity index (χ3n) is 3.16. The molecule has 0 bridgehead atoms. The number of aryl methyl sites for hydroxylation is 2. The summed E-state index contributed by atoms with van der Waals surface area (Å²) in [6.45, 7) is 3.94. The van der Waals surface area contributed by atoms with Crippen molar-refractivity contribution in [2.24, 2.45) is 0 Å². The quantitative estimate of drug-likeness (QED) is 0.762. The van der Waals surface area contributed by atoms with Crippen LogP contribution in [0.1, 0.15) is 27.4 Å². The van der Waals surface area contributed by atoms with E-state index in [-0.39, 0.29) is 6.61 Å². The summed E-state index contributed by atoms with van der Waals surface area (Å²) in [7, 11) is 3.01. The van der Waals surface area contributed by atoms with E-state index in [0.717, 1.165) is 17.5 Å². The highest BCUT2D eigenvalue weighted by Crippen LogP contribution is 2.38. The molecule has 2 aromatic rings. The van der Waals surface area contributed by atoms with E-state index in [1.807, 2.05) is 13.8 Å².